The largest absolute Gasteiger partial charge is 0.369 e. The molecular weight excluding hydrogens is 452 g/mol. The first-order chi connectivity index (χ1) is 17.5. The van der Waals surface area contributed by atoms with Gasteiger partial charge in [-0.2, -0.15) is 0 Å². The van der Waals surface area contributed by atoms with Crippen LogP contribution in [-0.2, 0) is 6.54 Å². The number of H-pyrrole nitrogens is 1. The predicted octanol–water partition coefficient (Wildman–Crippen LogP) is 2.67. The summed E-state index contributed by atoms with van der Waals surface area (Å²) in [4.78, 5) is 41.8. The minimum atomic E-state index is -0.133. The average molecular weight is 487 g/mol. The van der Waals surface area contributed by atoms with Crippen molar-refractivity contribution in [1.29, 1.82) is 0 Å². The number of aromatic nitrogens is 2. The molecule has 2 saturated heterocycles. The van der Waals surface area contributed by atoms with Gasteiger partial charge in [0.1, 0.15) is 0 Å². The molecule has 8 heteroatoms. The van der Waals surface area contributed by atoms with Crippen LogP contribution in [0.3, 0.4) is 0 Å². The zero-order chi connectivity index (χ0) is 25.1. The lowest BCUT2D eigenvalue weighted by Crippen LogP contribution is -2.49. The Labute approximate surface area is 212 Å². The first-order valence-corrected chi connectivity index (χ1v) is 12.7. The van der Waals surface area contributed by atoms with E-state index in [9.17, 15) is 9.59 Å². The molecule has 0 atom stereocenters. The van der Waals surface area contributed by atoms with E-state index in [1.54, 1.807) is 6.07 Å². The summed E-state index contributed by atoms with van der Waals surface area (Å²) in [5.41, 5.74) is 4.93. The normalized spacial score (nSPS) is 16.9. The van der Waals surface area contributed by atoms with E-state index in [-0.39, 0.29) is 11.5 Å². The highest BCUT2D eigenvalue weighted by atomic mass is 16.2. The molecule has 3 heterocycles. The molecule has 2 aromatic carbocycles. The topological polar surface area (TPSA) is 75.8 Å². The van der Waals surface area contributed by atoms with Crippen LogP contribution >= 0.6 is 0 Å². The summed E-state index contributed by atoms with van der Waals surface area (Å²) in [7, 11) is 0. The first kappa shape index (κ1) is 24.1. The molecule has 0 spiro atoms. The van der Waals surface area contributed by atoms with E-state index >= 15 is 0 Å². The number of anilines is 2. The maximum Gasteiger partial charge on any atom is 0.254 e. The van der Waals surface area contributed by atoms with Crippen LogP contribution < -0.4 is 15.4 Å². The number of aromatic amines is 1. The standard InChI is InChI=1S/C28H34N6O2/c1-21-7-9-24(10-8-21)32-13-11-31(12-14-32)20-23-19-26(35)30-28(29-23)34-17-15-33(16-18-34)27(36)25-6-4-3-5-22(25)2/h3-10,19H,11-18,20H2,1-2H3,(H,29,30,35). The second-order valence-electron chi connectivity index (χ2n) is 9.75. The molecular formula is C28H34N6O2. The van der Waals surface area contributed by atoms with Gasteiger partial charge in [0.05, 0.1) is 5.69 Å². The van der Waals surface area contributed by atoms with E-state index in [0.29, 0.717) is 38.7 Å². The Hall–Kier alpha value is -3.65. The Kier molecular flexibility index (Phi) is 7.04. The molecule has 5 rings (SSSR count). The Morgan fingerprint density at radius 3 is 2.22 bits per heavy atom. The maximum absolute atomic E-state index is 12.9. The van der Waals surface area contributed by atoms with Crippen LogP contribution in [0.2, 0.25) is 0 Å². The van der Waals surface area contributed by atoms with Gasteiger partial charge in [0, 0.05) is 76.2 Å². The molecule has 2 aliphatic heterocycles. The highest BCUT2D eigenvalue weighted by molar-refractivity contribution is 5.95. The van der Waals surface area contributed by atoms with E-state index in [1.165, 1.54) is 11.3 Å². The lowest BCUT2D eigenvalue weighted by atomic mass is 10.1. The first-order valence-electron chi connectivity index (χ1n) is 12.7. The molecule has 3 aromatic rings. The van der Waals surface area contributed by atoms with Crippen LogP contribution in [0.15, 0.2) is 59.4 Å². The Bertz CT molecular complexity index is 1260. The quantitative estimate of drug-likeness (QED) is 0.598. The summed E-state index contributed by atoms with van der Waals surface area (Å²) in [5, 5.41) is 0. The van der Waals surface area contributed by atoms with E-state index in [1.807, 2.05) is 36.1 Å². The summed E-state index contributed by atoms with van der Waals surface area (Å²) in [6, 6.07) is 18.0. The summed E-state index contributed by atoms with van der Waals surface area (Å²) in [6.45, 7) is 11.0. The number of hydrogen-bond donors (Lipinski definition) is 1. The minimum Gasteiger partial charge on any atom is -0.369 e. The van der Waals surface area contributed by atoms with E-state index in [0.717, 1.165) is 43.0 Å². The molecule has 0 bridgehead atoms. The van der Waals surface area contributed by atoms with Crippen molar-refractivity contribution < 1.29 is 4.79 Å². The zero-order valence-electron chi connectivity index (χ0n) is 21.1. The fourth-order valence-corrected chi connectivity index (χ4v) is 4.98. The average Bonchev–Trinajstić information content (AvgIpc) is 2.89. The van der Waals surface area contributed by atoms with Gasteiger partial charge in [-0.1, -0.05) is 35.9 Å². The van der Waals surface area contributed by atoms with Crippen molar-refractivity contribution in [3.8, 4) is 0 Å². The van der Waals surface area contributed by atoms with Gasteiger partial charge in [-0.25, -0.2) is 4.98 Å². The Morgan fingerprint density at radius 2 is 1.53 bits per heavy atom. The van der Waals surface area contributed by atoms with Gasteiger partial charge in [0.2, 0.25) is 5.95 Å². The number of hydrogen-bond acceptors (Lipinski definition) is 6. The van der Waals surface area contributed by atoms with E-state index < -0.39 is 0 Å². The molecule has 0 unspecified atom stereocenters. The Morgan fingerprint density at radius 1 is 0.861 bits per heavy atom. The molecule has 8 nitrogen and oxygen atoms in total. The fourth-order valence-electron chi connectivity index (χ4n) is 4.98. The lowest BCUT2D eigenvalue weighted by molar-refractivity contribution is 0.0745. The number of rotatable bonds is 5. The Balaban J connectivity index is 1.18. The molecule has 1 N–H and O–H groups in total. The number of carbonyl (C=O) groups excluding carboxylic acids is 1. The third-order valence-electron chi connectivity index (χ3n) is 7.18. The van der Waals surface area contributed by atoms with Gasteiger partial charge in [-0.15, -0.1) is 0 Å². The smallest absolute Gasteiger partial charge is 0.254 e. The van der Waals surface area contributed by atoms with Gasteiger partial charge < -0.3 is 14.7 Å². The van der Waals surface area contributed by atoms with Crippen molar-refractivity contribution in [3.05, 3.63) is 87.3 Å². The summed E-state index contributed by atoms with van der Waals surface area (Å²) < 4.78 is 0. The van der Waals surface area contributed by atoms with Crippen LogP contribution in [0.25, 0.3) is 0 Å². The highest BCUT2D eigenvalue weighted by Crippen LogP contribution is 2.19. The number of benzene rings is 2. The molecule has 2 aliphatic rings. The number of amides is 1. The second kappa shape index (κ2) is 10.5. The van der Waals surface area contributed by atoms with Gasteiger partial charge in [-0.05, 0) is 37.6 Å². The van der Waals surface area contributed by atoms with E-state index in [2.05, 4.69) is 50.9 Å². The molecule has 0 saturated carbocycles. The van der Waals surface area contributed by atoms with Gasteiger partial charge in [-0.3, -0.25) is 19.5 Å². The number of nitrogens with zero attached hydrogens (tertiary/aromatic N) is 5. The molecule has 1 amide bonds. The van der Waals surface area contributed by atoms with E-state index in [4.69, 9.17) is 4.98 Å². The summed E-state index contributed by atoms with van der Waals surface area (Å²) in [5.74, 6) is 0.659. The number of aryl methyl sites for hydroxylation is 2. The predicted molar refractivity (Wildman–Crippen MR) is 143 cm³/mol. The monoisotopic (exact) mass is 486 g/mol. The van der Waals surface area contributed by atoms with Crippen molar-refractivity contribution in [2.45, 2.75) is 20.4 Å². The summed E-state index contributed by atoms with van der Waals surface area (Å²) >= 11 is 0. The van der Waals surface area contributed by atoms with Crippen LogP contribution in [-0.4, -0.2) is 78.0 Å². The molecule has 188 valence electrons. The fraction of sp³-hybridized carbons (Fsp3) is 0.393. The van der Waals surface area contributed by atoms with Crippen molar-refractivity contribution in [2.24, 2.45) is 0 Å². The van der Waals surface area contributed by atoms with Gasteiger partial charge in [0.15, 0.2) is 0 Å². The molecule has 0 radical (unpaired) electrons. The minimum absolute atomic E-state index is 0.0627. The summed E-state index contributed by atoms with van der Waals surface area (Å²) in [6.07, 6.45) is 0. The molecule has 36 heavy (non-hydrogen) atoms. The van der Waals surface area contributed by atoms with Gasteiger partial charge >= 0.3 is 0 Å². The number of piperazine rings is 2. The maximum atomic E-state index is 12.9. The van der Waals surface area contributed by atoms with Crippen LogP contribution in [0.4, 0.5) is 11.6 Å². The highest BCUT2D eigenvalue weighted by Gasteiger charge is 2.25. The van der Waals surface area contributed by atoms with Crippen molar-refractivity contribution in [1.82, 2.24) is 19.8 Å². The van der Waals surface area contributed by atoms with Crippen molar-refractivity contribution in [3.63, 3.8) is 0 Å². The molecule has 1 aromatic heterocycles. The van der Waals surface area contributed by atoms with Crippen molar-refractivity contribution in [2.75, 3.05) is 62.2 Å². The third-order valence-corrected chi connectivity index (χ3v) is 7.18. The SMILES string of the molecule is Cc1ccc(N2CCN(Cc3cc(=O)[nH]c(N4CCN(C(=O)c5ccccc5C)CC4)n3)CC2)cc1. The van der Waals surface area contributed by atoms with Gasteiger partial charge in [0.25, 0.3) is 11.5 Å². The number of nitrogens with one attached hydrogen (secondary N) is 1. The molecule has 0 aliphatic carbocycles. The van der Waals surface area contributed by atoms with Crippen LogP contribution in [0.5, 0.6) is 0 Å². The lowest BCUT2D eigenvalue weighted by Gasteiger charge is -2.36. The second-order valence-corrected chi connectivity index (χ2v) is 9.75. The molecule has 2 fully saturated rings. The van der Waals surface area contributed by atoms with Crippen LogP contribution in [0.1, 0.15) is 27.2 Å². The van der Waals surface area contributed by atoms with Crippen molar-refractivity contribution >= 4 is 17.5 Å². The van der Waals surface area contributed by atoms with Crippen LogP contribution in [0, 0.1) is 13.8 Å². The third kappa shape index (κ3) is 5.44. The zero-order valence-corrected chi connectivity index (χ0v) is 21.1. The number of carbonyl (C=O) groups is 1.